The number of ether oxygens (including phenoxy) is 1. The van der Waals surface area contributed by atoms with E-state index < -0.39 is 5.97 Å². The summed E-state index contributed by atoms with van der Waals surface area (Å²) in [7, 11) is 0. The molecule has 0 unspecified atom stereocenters. The zero-order valence-electron chi connectivity index (χ0n) is 15.9. The summed E-state index contributed by atoms with van der Waals surface area (Å²) >= 11 is 0. The van der Waals surface area contributed by atoms with Gasteiger partial charge >= 0.3 is 5.97 Å². The second-order valence-corrected chi connectivity index (χ2v) is 6.68. The molecule has 1 heterocycles. The molecule has 1 aliphatic heterocycles. The third-order valence-electron chi connectivity index (χ3n) is 4.69. The van der Waals surface area contributed by atoms with Gasteiger partial charge in [0.25, 0.3) is 11.8 Å². The zero-order valence-corrected chi connectivity index (χ0v) is 15.9. The van der Waals surface area contributed by atoms with Gasteiger partial charge in [0.1, 0.15) is 0 Å². The predicted octanol–water partition coefficient (Wildman–Crippen LogP) is 3.74. The molecule has 0 bridgehead atoms. The number of esters is 1. The first-order chi connectivity index (χ1) is 13.6. The molecule has 0 aromatic heterocycles. The molecule has 0 aliphatic carbocycles. The van der Waals surface area contributed by atoms with Crippen molar-refractivity contribution in [3.63, 3.8) is 0 Å². The monoisotopic (exact) mass is 380 g/mol. The van der Waals surface area contributed by atoms with Crippen LogP contribution in [0.4, 0.5) is 5.69 Å². The number of carbonyl (C=O) groups is 3. The third-order valence-corrected chi connectivity index (χ3v) is 4.69. The van der Waals surface area contributed by atoms with Crippen LogP contribution in [0.5, 0.6) is 0 Å². The molecule has 28 heavy (non-hydrogen) atoms. The molecule has 146 valence electrons. The van der Waals surface area contributed by atoms with Gasteiger partial charge in [0, 0.05) is 29.9 Å². The number of likely N-dealkylation sites (tertiary alicyclic amines) is 1. The van der Waals surface area contributed by atoms with Gasteiger partial charge in [0.2, 0.25) is 0 Å². The van der Waals surface area contributed by atoms with Crippen molar-refractivity contribution >= 4 is 23.5 Å². The van der Waals surface area contributed by atoms with Crippen LogP contribution in [0.2, 0.25) is 0 Å². The van der Waals surface area contributed by atoms with Crippen molar-refractivity contribution in [1.29, 1.82) is 0 Å². The maximum atomic E-state index is 12.5. The lowest BCUT2D eigenvalue weighted by Gasteiger charge is -2.26. The molecule has 1 N–H and O–H groups in total. The van der Waals surface area contributed by atoms with Crippen LogP contribution in [0.15, 0.2) is 48.5 Å². The Balaban J connectivity index is 1.61. The zero-order chi connectivity index (χ0) is 19.9. The molecule has 6 nitrogen and oxygen atoms in total. The number of benzene rings is 2. The predicted molar refractivity (Wildman–Crippen MR) is 107 cm³/mol. The van der Waals surface area contributed by atoms with Crippen LogP contribution in [0.3, 0.4) is 0 Å². The lowest BCUT2D eigenvalue weighted by atomic mass is 10.1. The summed E-state index contributed by atoms with van der Waals surface area (Å²) in [6, 6.07) is 13.2. The highest BCUT2D eigenvalue weighted by molar-refractivity contribution is 6.05. The maximum Gasteiger partial charge on any atom is 0.338 e. The number of amides is 2. The summed E-state index contributed by atoms with van der Waals surface area (Å²) in [6.45, 7) is 3.65. The molecular weight excluding hydrogens is 356 g/mol. The summed E-state index contributed by atoms with van der Waals surface area (Å²) in [4.78, 5) is 38.4. The normalized spacial score (nSPS) is 13.7. The Morgan fingerprint density at radius 1 is 0.857 bits per heavy atom. The third kappa shape index (κ3) is 4.76. The van der Waals surface area contributed by atoms with Crippen LogP contribution < -0.4 is 5.32 Å². The average Bonchev–Trinajstić information content (AvgIpc) is 2.74. The van der Waals surface area contributed by atoms with Crippen molar-refractivity contribution in [1.82, 2.24) is 4.90 Å². The first-order valence-corrected chi connectivity index (χ1v) is 9.56. The quantitative estimate of drug-likeness (QED) is 0.802. The molecule has 1 saturated heterocycles. The molecule has 0 spiro atoms. The summed E-state index contributed by atoms with van der Waals surface area (Å²) in [5.41, 5.74) is 2.06. The number of nitrogens with zero attached hydrogens (tertiary/aromatic N) is 1. The highest BCUT2D eigenvalue weighted by Gasteiger charge is 2.18. The van der Waals surface area contributed by atoms with E-state index in [2.05, 4.69) is 5.32 Å². The standard InChI is InChI=1S/C22H24N2O4/c1-2-28-22(27)18-10-12-19(13-11-18)23-20(25)16-6-8-17(9-7-16)21(26)24-14-4-3-5-15-24/h6-13H,2-5,14-15H2,1H3,(H,23,25). The molecule has 2 amide bonds. The maximum absolute atomic E-state index is 12.5. The average molecular weight is 380 g/mol. The van der Waals surface area contributed by atoms with Crippen molar-refractivity contribution in [3.05, 3.63) is 65.2 Å². The molecule has 0 radical (unpaired) electrons. The Bertz CT molecular complexity index is 838. The number of nitrogens with one attached hydrogen (secondary N) is 1. The number of piperidine rings is 1. The lowest BCUT2D eigenvalue weighted by molar-refractivity contribution is 0.0526. The SMILES string of the molecule is CCOC(=O)c1ccc(NC(=O)c2ccc(C(=O)N3CCCCC3)cc2)cc1. The van der Waals surface area contributed by atoms with E-state index in [1.807, 2.05) is 4.90 Å². The molecular formula is C22H24N2O4. The fraction of sp³-hybridized carbons (Fsp3) is 0.318. The number of hydrogen-bond donors (Lipinski definition) is 1. The number of hydrogen-bond acceptors (Lipinski definition) is 4. The summed E-state index contributed by atoms with van der Waals surface area (Å²) in [6.07, 6.45) is 3.26. The molecule has 1 fully saturated rings. The Morgan fingerprint density at radius 2 is 1.43 bits per heavy atom. The molecule has 0 saturated carbocycles. The van der Waals surface area contributed by atoms with Gasteiger partial charge in [-0.1, -0.05) is 0 Å². The number of carbonyl (C=O) groups excluding carboxylic acids is 3. The number of anilines is 1. The van der Waals surface area contributed by atoms with Gasteiger partial charge in [-0.3, -0.25) is 9.59 Å². The van der Waals surface area contributed by atoms with Crippen molar-refractivity contribution in [3.8, 4) is 0 Å². The Hall–Kier alpha value is -3.15. The van der Waals surface area contributed by atoms with Crippen molar-refractivity contribution in [2.24, 2.45) is 0 Å². The van der Waals surface area contributed by atoms with Gasteiger partial charge in [0.05, 0.1) is 12.2 Å². The largest absolute Gasteiger partial charge is 0.462 e. The fourth-order valence-electron chi connectivity index (χ4n) is 3.15. The molecule has 6 heteroatoms. The van der Waals surface area contributed by atoms with Crippen molar-refractivity contribution < 1.29 is 19.1 Å². The minimum absolute atomic E-state index is 0.0150. The molecule has 1 aliphatic rings. The van der Waals surface area contributed by atoms with E-state index in [-0.39, 0.29) is 11.8 Å². The van der Waals surface area contributed by atoms with Gasteiger partial charge in [-0.2, -0.15) is 0 Å². The van der Waals surface area contributed by atoms with Gasteiger partial charge in [-0.15, -0.1) is 0 Å². The van der Waals surface area contributed by atoms with E-state index in [1.165, 1.54) is 6.42 Å². The Kier molecular flexibility index (Phi) is 6.42. The van der Waals surface area contributed by atoms with Crippen LogP contribution in [-0.4, -0.2) is 42.4 Å². The highest BCUT2D eigenvalue weighted by atomic mass is 16.5. The molecule has 2 aromatic carbocycles. The molecule has 3 rings (SSSR count). The minimum atomic E-state index is -0.394. The van der Waals surface area contributed by atoms with Crippen molar-refractivity contribution in [2.45, 2.75) is 26.2 Å². The van der Waals surface area contributed by atoms with E-state index in [1.54, 1.807) is 55.5 Å². The summed E-state index contributed by atoms with van der Waals surface area (Å²) in [5, 5.41) is 2.78. The van der Waals surface area contributed by atoms with E-state index in [9.17, 15) is 14.4 Å². The fourth-order valence-corrected chi connectivity index (χ4v) is 3.15. The van der Waals surface area contributed by atoms with Gasteiger partial charge in [-0.05, 0) is 74.7 Å². The van der Waals surface area contributed by atoms with Crippen LogP contribution >= 0.6 is 0 Å². The Morgan fingerprint density at radius 3 is 2.04 bits per heavy atom. The van der Waals surface area contributed by atoms with Crippen LogP contribution in [-0.2, 0) is 4.74 Å². The first kappa shape index (κ1) is 19.6. The van der Waals surface area contributed by atoms with Gasteiger partial charge in [-0.25, -0.2) is 4.79 Å². The first-order valence-electron chi connectivity index (χ1n) is 9.56. The second kappa shape index (κ2) is 9.17. The van der Waals surface area contributed by atoms with E-state index in [0.29, 0.717) is 29.0 Å². The van der Waals surface area contributed by atoms with E-state index in [0.717, 1.165) is 25.9 Å². The van der Waals surface area contributed by atoms with Crippen LogP contribution in [0.25, 0.3) is 0 Å². The molecule has 0 atom stereocenters. The van der Waals surface area contributed by atoms with Gasteiger partial charge < -0.3 is 15.0 Å². The minimum Gasteiger partial charge on any atom is -0.462 e. The van der Waals surface area contributed by atoms with Gasteiger partial charge in [0.15, 0.2) is 0 Å². The Labute approximate surface area is 164 Å². The van der Waals surface area contributed by atoms with Crippen LogP contribution in [0.1, 0.15) is 57.3 Å². The second-order valence-electron chi connectivity index (χ2n) is 6.68. The number of rotatable bonds is 5. The van der Waals surface area contributed by atoms with E-state index >= 15 is 0 Å². The summed E-state index contributed by atoms with van der Waals surface area (Å²) < 4.78 is 4.94. The summed E-state index contributed by atoms with van der Waals surface area (Å²) in [5.74, 6) is -0.656. The highest BCUT2D eigenvalue weighted by Crippen LogP contribution is 2.16. The topological polar surface area (TPSA) is 75.7 Å². The van der Waals surface area contributed by atoms with Crippen LogP contribution in [0, 0.1) is 0 Å². The molecule has 2 aromatic rings. The van der Waals surface area contributed by atoms with E-state index in [4.69, 9.17) is 4.74 Å². The lowest BCUT2D eigenvalue weighted by Crippen LogP contribution is -2.35. The smallest absolute Gasteiger partial charge is 0.338 e. The van der Waals surface area contributed by atoms with Crippen molar-refractivity contribution in [2.75, 3.05) is 25.0 Å².